The summed E-state index contributed by atoms with van der Waals surface area (Å²) >= 11 is 0. The number of benzene rings is 1. The summed E-state index contributed by atoms with van der Waals surface area (Å²) in [5, 5.41) is 27.8. The van der Waals surface area contributed by atoms with Gasteiger partial charge in [0.15, 0.2) is 0 Å². The Balaban J connectivity index is 1.69. The highest BCUT2D eigenvalue weighted by atomic mass is 16.5. The highest BCUT2D eigenvalue weighted by Gasteiger charge is 2.21. The van der Waals surface area contributed by atoms with Gasteiger partial charge in [-0.25, -0.2) is 4.68 Å². The van der Waals surface area contributed by atoms with Gasteiger partial charge in [-0.3, -0.25) is 14.7 Å². The van der Waals surface area contributed by atoms with Gasteiger partial charge >= 0.3 is 0 Å². The number of nitrogens with zero attached hydrogens (tertiary/aromatic N) is 7. The van der Waals surface area contributed by atoms with Gasteiger partial charge in [0, 0.05) is 37.6 Å². The lowest BCUT2D eigenvalue weighted by Gasteiger charge is -2.23. The number of nitrogens with one attached hydrogen (secondary N) is 1. The van der Waals surface area contributed by atoms with E-state index in [1.165, 1.54) is 0 Å². The standard InChI is InChI=1S/C26H34N8O2/c1-17-14-32(4)16-25-19(24(15-31(2)3)30-34(25)10-11-35)7-9-23-20-12-18(6-8-22(20)28-29-23)21-13-27-33(5)26(21)36-17/h6-9,12-13,17,35H,10-11,14-16H2,1-5H3,(H,28,29)/b9-7+/t17-/m0/s1. The molecule has 0 saturated carbocycles. The predicted octanol–water partition coefficient (Wildman–Crippen LogP) is 2.60. The molecule has 36 heavy (non-hydrogen) atoms. The van der Waals surface area contributed by atoms with Gasteiger partial charge in [-0.2, -0.15) is 15.3 Å². The van der Waals surface area contributed by atoms with Crippen molar-refractivity contribution in [3.63, 3.8) is 0 Å². The van der Waals surface area contributed by atoms with Crippen LogP contribution in [0.25, 0.3) is 34.2 Å². The van der Waals surface area contributed by atoms with E-state index in [4.69, 9.17) is 9.84 Å². The third-order valence-corrected chi connectivity index (χ3v) is 6.45. The minimum atomic E-state index is -0.0723. The molecule has 0 radical (unpaired) electrons. The van der Waals surface area contributed by atoms with E-state index in [0.29, 0.717) is 26.2 Å². The Hall–Kier alpha value is -3.47. The Kier molecular flexibility index (Phi) is 6.65. The molecule has 2 bridgehead atoms. The monoisotopic (exact) mass is 490 g/mol. The molecule has 2 N–H and O–H groups in total. The number of aliphatic hydroxyl groups excluding tert-OH is 1. The van der Waals surface area contributed by atoms with Gasteiger partial charge in [0.05, 0.1) is 47.5 Å². The average molecular weight is 491 g/mol. The van der Waals surface area contributed by atoms with Gasteiger partial charge in [-0.05, 0) is 57.9 Å². The van der Waals surface area contributed by atoms with Crippen LogP contribution in [0.2, 0.25) is 0 Å². The van der Waals surface area contributed by atoms with E-state index in [-0.39, 0.29) is 12.7 Å². The van der Waals surface area contributed by atoms with Gasteiger partial charge in [0.25, 0.3) is 0 Å². The van der Waals surface area contributed by atoms with Crippen molar-refractivity contribution in [2.24, 2.45) is 7.05 Å². The molecule has 1 atom stereocenters. The fraction of sp³-hybridized carbons (Fsp3) is 0.423. The maximum Gasteiger partial charge on any atom is 0.219 e. The summed E-state index contributed by atoms with van der Waals surface area (Å²) in [6, 6.07) is 6.21. The minimum absolute atomic E-state index is 0.0275. The number of aromatic nitrogens is 6. The van der Waals surface area contributed by atoms with Crippen molar-refractivity contribution in [1.82, 2.24) is 39.6 Å². The molecule has 4 aromatic rings. The number of hydrogen-bond acceptors (Lipinski definition) is 7. The van der Waals surface area contributed by atoms with Gasteiger partial charge in [0.2, 0.25) is 5.88 Å². The summed E-state index contributed by atoms with van der Waals surface area (Å²) in [6.45, 7) is 4.62. The van der Waals surface area contributed by atoms with E-state index in [1.807, 2.05) is 38.1 Å². The Morgan fingerprint density at radius 1 is 1.22 bits per heavy atom. The number of aryl methyl sites for hydroxylation is 1. The number of aromatic amines is 1. The van der Waals surface area contributed by atoms with E-state index in [0.717, 1.165) is 50.6 Å². The molecule has 10 nitrogen and oxygen atoms in total. The SMILES string of the molecule is C[C@H]1CN(C)Cc2c(c(CN(C)C)nn2CCO)/C=C/c2[nH]nc3ccc(cc23)-c2cnn(C)c2O1. The third kappa shape index (κ3) is 4.67. The van der Waals surface area contributed by atoms with Crippen LogP contribution in [0.15, 0.2) is 24.4 Å². The second kappa shape index (κ2) is 9.88. The maximum atomic E-state index is 9.73. The van der Waals surface area contributed by atoms with Crippen molar-refractivity contribution >= 4 is 23.1 Å². The maximum absolute atomic E-state index is 9.73. The van der Waals surface area contributed by atoms with Crippen LogP contribution < -0.4 is 4.74 Å². The molecule has 4 heterocycles. The van der Waals surface area contributed by atoms with E-state index in [2.05, 4.69) is 63.4 Å². The largest absolute Gasteiger partial charge is 0.473 e. The number of likely N-dealkylation sites (N-methyl/N-ethyl adjacent to an activating group) is 1. The smallest absolute Gasteiger partial charge is 0.219 e. The number of rotatable bonds is 4. The van der Waals surface area contributed by atoms with Crippen molar-refractivity contribution in [3.05, 3.63) is 47.0 Å². The first-order chi connectivity index (χ1) is 17.3. The topological polar surface area (TPSA) is 100 Å². The highest BCUT2D eigenvalue weighted by Crippen LogP contribution is 2.33. The van der Waals surface area contributed by atoms with Crippen LogP contribution in [0.4, 0.5) is 0 Å². The third-order valence-electron chi connectivity index (χ3n) is 6.45. The molecule has 1 aromatic carbocycles. The molecule has 1 aliphatic rings. The van der Waals surface area contributed by atoms with Crippen LogP contribution in [-0.4, -0.2) is 85.1 Å². The fourth-order valence-corrected chi connectivity index (χ4v) is 4.86. The van der Waals surface area contributed by atoms with Crippen LogP contribution in [0.3, 0.4) is 0 Å². The van der Waals surface area contributed by atoms with Crippen LogP contribution in [0.5, 0.6) is 5.88 Å². The lowest BCUT2D eigenvalue weighted by atomic mass is 10.0. The Bertz CT molecular complexity index is 1400. The molecule has 190 valence electrons. The summed E-state index contributed by atoms with van der Waals surface area (Å²) in [6.07, 6.45) is 5.98. The Labute approximate surface area is 210 Å². The molecule has 0 fully saturated rings. The van der Waals surface area contributed by atoms with Crippen molar-refractivity contribution in [2.75, 3.05) is 34.3 Å². The van der Waals surface area contributed by atoms with Crippen LogP contribution >= 0.6 is 0 Å². The Morgan fingerprint density at radius 2 is 2.06 bits per heavy atom. The van der Waals surface area contributed by atoms with Gasteiger partial charge in [-0.15, -0.1) is 0 Å². The summed E-state index contributed by atoms with van der Waals surface area (Å²) < 4.78 is 10.2. The molecule has 1 aliphatic heterocycles. The van der Waals surface area contributed by atoms with E-state index in [9.17, 15) is 5.11 Å². The van der Waals surface area contributed by atoms with Crippen LogP contribution in [0, 0.1) is 0 Å². The molecule has 3 aromatic heterocycles. The summed E-state index contributed by atoms with van der Waals surface area (Å²) in [5.41, 5.74) is 6.91. The molecule has 0 saturated heterocycles. The normalized spacial score (nSPS) is 17.6. The molecule has 0 amide bonds. The van der Waals surface area contributed by atoms with Crippen molar-refractivity contribution in [2.45, 2.75) is 32.7 Å². The number of fused-ring (bicyclic) bond motifs is 4. The number of aliphatic hydroxyl groups is 1. The summed E-state index contributed by atoms with van der Waals surface area (Å²) in [5.74, 6) is 0.741. The lowest BCUT2D eigenvalue weighted by molar-refractivity contribution is 0.146. The van der Waals surface area contributed by atoms with Crippen LogP contribution in [-0.2, 0) is 26.7 Å². The van der Waals surface area contributed by atoms with Crippen molar-refractivity contribution < 1.29 is 9.84 Å². The quantitative estimate of drug-likeness (QED) is 0.454. The zero-order chi connectivity index (χ0) is 25.4. The first-order valence-electron chi connectivity index (χ1n) is 12.2. The van der Waals surface area contributed by atoms with Gasteiger partial charge in [0.1, 0.15) is 6.10 Å². The second-order valence-corrected chi connectivity index (χ2v) is 9.81. The first kappa shape index (κ1) is 24.2. The van der Waals surface area contributed by atoms with Crippen molar-refractivity contribution in [1.29, 1.82) is 0 Å². The van der Waals surface area contributed by atoms with E-state index >= 15 is 0 Å². The zero-order valence-electron chi connectivity index (χ0n) is 21.6. The zero-order valence-corrected chi connectivity index (χ0v) is 21.6. The molecular formula is C26H34N8O2. The number of hydrogen-bond donors (Lipinski definition) is 2. The molecule has 0 unspecified atom stereocenters. The summed E-state index contributed by atoms with van der Waals surface area (Å²) in [7, 11) is 8.06. The lowest BCUT2D eigenvalue weighted by Crippen LogP contribution is -2.32. The molecular weight excluding hydrogens is 456 g/mol. The molecule has 5 rings (SSSR count). The highest BCUT2D eigenvalue weighted by molar-refractivity contribution is 5.93. The van der Waals surface area contributed by atoms with Crippen molar-refractivity contribution in [3.8, 4) is 17.0 Å². The fourth-order valence-electron chi connectivity index (χ4n) is 4.86. The molecule has 0 aliphatic carbocycles. The average Bonchev–Trinajstić information content (AvgIpc) is 3.48. The first-order valence-corrected chi connectivity index (χ1v) is 12.2. The molecule has 0 spiro atoms. The minimum Gasteiger partial charge on any atom is -0.473 e. The van der Waals surface area contributed by atoms with E-state index in [1.54, 1.807) is 4.68 Å². The van der Waals surface area contributed by atoms with Gasteiger partial charge < -0.3 is 14.7 Å². The number of H-pyrrole nitrogens is 1. The summed E-state index contributed by atoms with van der Waals surface area (Å²) in [4.78, 5) is 4.34. The number of ether oxygens (including phenoxy) is 1. The molecule has 10 heteroatoms. The predicted molar refractivity (Wildman–Crippen MR) is 140 cm³/mol. The van der Waals surface area contributed by atoms with Gasteiger partial charge in [-0.1, -0.05) is 6.07 Å². The second-order valence-electron chi connectivity index (χ2n) is 9.81. The van der Waals surface area contributed by atoms with Crippen LogP contribution in [0.1, 0.15) is 29.6 Å². The Morgan fingerprint density at radius 3 is 2.83 bits per heavy atom. The van der Waals surface area contributed by atoms with E-state index < -0.39 is 0 Å².